The third kappa shape index (κ3) is 4.41. The lowest BCUT2D eigenvalue weighted by Crippen LogP contribution is -2.40. The fraction of sp³-hybridized carbons (Fsp3) is 0.571. The van der Waals surface area contributed by atoms with E-state index in [2.05, 4.69) is 4.72 Å². The van der Waals surface area contributed by atoms with Crippen molar-refractivity contribution in [3.8, 4) is 5.75 Å². The molecule has 0 saturated carbocycles. The number of benzene rings is 1. The number of nitrogens with one attached hydrogen (secondary N) is 1. The van der Waals surface area contributed by atoms with Gasteiger partial charge in [-0.15, -0.1) is 0 Å². The fourth-order valence-corrected chi connectivity index (χ4v) is 3.54. The van der Waals surface area contributed by atoms with E-state index in [9.17, 15) is 8.42 Å². The van der Waals surface area contributed by atoms with E-state index in [-0.39, 0.29) is 30.3 Å². The number of aliphatic hydroxyl groups is 1. The molecule has 0 bridgehead atoms. The summed E-state index contributed by atoms with van der Waals surface area (Å²) in [7, 11) is -3.57. The third-order valence-electron chi connectivity index (χ3n) is 3.36. The van der Waals surface area contributed by atoms with Crippen molar-refractivity contribution in [3.05, 3.63) is 24.3 Å². The van der Waals surface area contributed by atoms with Gasteiger partial charge in [0, 0.05) is 12.6 Å². The Kier molecular flexibility index (Phi) is 5.58. The van der Waals surface area contributed by atoms with Gasteiger partial charge in [-0.05, 0) is 44.0 Å². The van der Waals surface area contributed by atoms with E-state index in [0.29, 0.717) is 12.4 Å². The van der Waals surface area contributed by atoms with Crippen LogP contribution in [0.25, 0.3) is 0 Å². The maximum atomic E-state index is 12.3. The molecule has 1 aliphatic heterocycles. The molecule has 0 spiro atoms. The molecule has 1 aliphatic rings. The van der Waals surface area contributed by atoms with Crippen molar-refractivity contribution in [1.82, 2.24) is 4.72 Å². The summed E-state index contributed by atoms with van der Waals surface area (Å²) in [5.41, 5.74) is 0. The topological polar surface area (TPSA) is 84.9 Å². The van der Waals surface area contributed by atoms with Crippen molar-refractivity contribution in [1.29, 1.82) is 0 Å². The Balaban J connectivity index is 2.01. The van der Waals surface area contributed by atoms with E-state index < -0.39 is 10.0 Å². The largest absolute Gasteiger partial charge is 0.491 e. The Morgan fingerprint density at radius 2 is 2.14 bits per heavy atom. The van der Waals surface area contributed by atoms with Crippen LogP contribution in [0.5, 0.6) is 5.75 Å². The lowest BCUT2D eigenvalue weighted by molar-refractivity contribution is 0.0902. The highest BCUT2D eigenvalue weighted by atomic mass is 32.2. The van der Waals surface area contributed by atoms with E-state index in [1.165, 1.54) is 12.1 Å². The van der Waals surface area contributed by atoms with Crippen LogP contribution in [0.15, 0.2) is 29.2 Å². The third-order valence-corrected chi connectivity index (χ3v) is 4.93. The van der Waals surface area contributed by atoms with E-state index in [1.54, 1.807) is 12.1 Å². The molecule has 21 heavy (non-hydrogen) atoms. The Hall–Kier alpha value is -1.15. The van der Waals surface area contributed by atoms with Crippen LogP contribution in [-0.4, -0.2) is 45.5 Å². The molecule has 1 aromatic rings. The molecule has 1 heterocycles. The highest BCUT2D eigenvalue weighted by Crippen LogP contribution is 2.19. The molecule has 6 nitrogen and oxygen atoms in total. The second-order valence-electron chi connectivity index (χ2n) is 5.00. The van der Waals surface area contributed by atoms with Crippen molar-refractivity contribution in [2.75, 3.05) is 19.8 Å². The highest BCUT2D eigenvalue weighted by molar-refractivity contribution is 7.89. The molecule has 0 aromatic heterocycles. The molecule has 1 fully saturated rings. The Morgan fingerprint density at radius 1 is 1.43 bits per heavy atom. The van der Waals surface area contributed by atoms with Crippen LogP contribution in [0.4, 0.5) is 0 Å². The molecule has 2 unspecified atom stereocenters. The lowest BCUT2D eigenvalue weighted by atomic mass is 10.1. The second-order valence-corrected chi connectivity index (χ2v) is 6.72. The SMILES string of the molecule is CC(NS(=O)(=O)c1ccc(OCCO)cc1)C1CCCO1. The molecule has 2 atom stereocenters. The molecule has 1 aromatic carbocycles. The summed E-state index contributed by atoms with van der Waals surface area (Å²) >= 11 is 0. The molecule has 2 rings (SSSR count). The smallest absolute Gasteiger partial charge is 0.240 e. The minimum absolute atomic E-state index is 0.0630. The Morgan fingerprint density at radius 3 is 2.71 bits per heavy atom. The van der Waals surface area contributed by atoms with Gasteiger partial charge in [-0.25, -0.2) is 13.1 Å². The van der Waals surface area contributed by atoms with Gasteiger partial charge in [0.2, 0.25) is 10.0 Å². The summed E-state index contributed by atoms with van der Waals surface area (Å²) in [5, 5.41) is 8.67. The van der Waals surface area contributed by atoms with Crippen LogP contribution in [0.3, 0.4) is 0 Å². The first-order chi connectivity index (χ1) is 10.0. The van der Waals surface area contributed by atoms with Crippen molar-refractivity contribution in [2.24, 2.45) is 0 Å². The zero-order valence-electron chi connectivity index (χ0n) is 12.0. The van der Waals surface area contributed by atoms with E-state index in [0.717, 1.165) is 12.8 Å². The van der Waals surface area contributed by atoms with E-state index in [4.69, 9.17) is 14.6 Å². The highest BCUT2D eigenvalue weighted by Gasteiger charge is 2.26. The molecule has 1 saturated heterocycles. The van der Waals surface area contributed by atoms with Crippen LogP contribution in [-0.2, 0) is 14.8 Å². The van der Waals surface area contributed by atoms with Crippen LogP contribution >= 0.6 is 0 Å². The Labute approximate surface area is 125 Å². The maximum absolute atomic E-state index is 12.3. The summed E-state index contributed by atoms with van der Waals surface area (Å²) in [6.07, 6.45) is 1.78. The molecular weight excluding hydrogens is 294 g/mol. The van der Waals surface area contributed by atoms with Crippen LogP contribution < -0.4 is 9.46 Å². The van der Waals surface area contributed by atoms with Gasteiger partial charge in [0.05, 0.1) is 17.6 Å². The molecule has 7 heteroatoms. The number of ether oxygens (including phenoxy) is 2. The van der Waals surface area contributed by atoms with Gasteiger partial charge in [0.1, 0.15) is 12.4 Å². The molecule has 118 valence electrons. The van der Waals surface area contributed by atoms with Gasteiger partial charge in [0.25, 0.3) is 0 Å². The predicted octanol–water partition coefficient (Wildman–Crippen LogP) is 0.903. The Bertz CT molecular complexity index is 537. The first-order valence-corrected chi connectivity index (χ1v) is 8.49. The summed E-state index contributed by atoms with van der Waals surface area (Å²) in [4.78, 5) is 0.184. The number of hydrogen-bond donors (Lipinski definition) is 2. The van der Waals surface area contributed by atoms with Crippen LogP contribution in [0.2, 0.25) is 0 Å². The second kappa shape index (κ2) is 7.22. The summed E-state index contributed by atoms with van der Waals surface area (Å²) < 4.78 is 37.9. The average molecular weight is 315 g/mol. The summed E-state index contributed by atoms with van der Waals surface area (Å²) in [6, 6.07) is 5.85. The molecular formula is C14H21NO5S. The standard InChI is InChI=1S/C14H21NO5S/c1-11(14-3-2-9-20-14)15-21(17,18)13-6-4-12(5-7-13)19-10-8-16/h4-7,11,14-16H,2-3,8-10H2,1H3. The van der Waals surface area contributed by atoms with Gasteiger partial charge in [-0.1, -0.05) is 0 Å². The van der Waals surface area contributed by atoms with Crippen molar-refractivity contribution in [3.63, 3.8) is 0 Å². The average Bonchev–Trinajstić information content (AvgIpc) is 2.99. The number of aliphatic hydroxyl groups excluding tert-OH is 1. The number of rotatable bonds is 7. The number of sulfonamides is 1. The minimum Gasteiger partial charge on any atom is -0.491 e. The summed E-state index contributed by atoms with van der Waals surface area (Å²) in [6.45, 7) is 2.60. The first-order valence-electron chi connectivity index (χ1n) is 7.00. The van der Waals surface area contributed by atoms with Gasteiger partial charge < -0.3 is 14.6 Å². The maximum Gasteiger partial charge on any atom is 0.240 e. The zero-order chi connectivity index (χ0) is 15.3. The van der Waals surface area contributed by atoms with E-state index in [1.807, 2.05) is 6.92 Å². The minimum atomic E-state index is -3.57. The van der Waals surface area contributed by atoms with Gasteiger partial charge >= 0.3 is 0 Å². The van der Waals surface area contributed by atoms with Gasteiger partial charge in [-0.2, -0.15) is 0 Å². The number of hydrogen-bond acceptors (Lipinski definition) is 5. The fourth-order valence-electron chi connectivity index (χ4n) is 2.26. The van der Waals surface area contributed by atoms with E-state index >= 15 is 0 Å². The van der Waals surface area contributed by atoms with Crippen molar-refractivity contribution >= 4 is 10.0 Å². The molecule has 0 aliphatic carbocycles. The molecule has 0 radical (unpaired) electrons. The van der Waals surface area contributed by atoms with Crippen molar-refractivity contribution in [2.45, 2.75) is 36.8 Å². The van der Waals surface area contributed by atoms with Crippen molar-refractivity contribution < 1.29 is 23.0 Å². The normalized spacial score (nSPS) is 20.4. The predicted molar refractivity (Wildman–Crippen MR) is 77.8 cm³/mol. The van der Waals surface area contributed by atoms with Crippen LogP contribution in [0, 0.1) is 0 Å². The zero-order valence-corrected chi connectivity index (χ0v) is 12.8. The first kappa shape index (κ1) is 16.2. The van der Waals surface area contributed by atoms with Crippen LogP contribution in [0.1, 0.15) is 19.8 Å². The lowest BCUT2D eigenvalue weighted by Gasteiger charge is -2.20. The monoisotopic (exact) mass is 315 g/mol. The van der Waals surface area contributed by atoms with Gasteiger partial charge in [0.15, 0.2) is 0 Å². The molecule has 2 N–H and O–H groups in total. The quantitative estimate of drug-likeness (QED) is 0.781. The molecule has 0 amide bonds. The van der Waals surface area contributed by atoms with Gasteiger partial charge in [-0.3, -0.25) is 0 Å². The summed E-state index contributed by atoms with van der Waals surface area (Å²) in [5.74, 6) is 0.523.